The van der Waals surface area contributed by atoms with E-state index in [0.29, 0.717) is 35.4 Å². The van der Waals surface area contributed by atoms with E-state index in [2.05, 4.69) is 15.5 Å². The van der Waals surface area contributed by atoms with Gasteiger partial charge < -0.3 is 19.2 Å². The van der Waals surface area contributed by atoms with E-state index >= 15 is 0 Å². The van der Waals surface area contributed by atoms with Crippen molar-refractivity contribution in [3.63, 3.8) is 0 Å². The Hall–Kier alpha value is -3.35. The van der Waals surface area contributed by atoms with Crippen molar-refractivity contribution in [3.05, 3.63) is 54.4 Å². The fourth-order valence-corrected chi connectivity index (χ4v) is 2.25. The summed E-state index contributed by atoms with van der Waals surface area (Å²) in [5.41, 5.74) is 1.45. The molecule has 0 bridgehead atoms. The zero-order chi connectivity index (χ0) is 18.4. The highest BCUT2D eigenvalue weighted by Crippen LogP contribution is 2.21. The lowest BCUT2D eigenvalue weighted by Gasteiger charge is -2.08. The number of aryl methyl sites for hydroxylation is 1. The van der Waals surface area contributed by atoms with Crippen molar-refractivity contribution in [2.45, 2.75) is 13.3 Å². The number of ether oxygens (including phenoxy) is 2. The summed E-state index contributed by atoms with van der Waals surface area (Å²) in [5, 5.41) is 10.7. The quantitative estimate of drug-likeness (QED) is 0.701. The Morgan fingerprint density at radius 1 is 1.12 bits per heavy atom. The van der Waals surface area contributed by atoms with Gasteiger partial charge in [-0.2, -0.15) is 0 Å². The van der Waals surface area contributed by atoms with E-state index in [-0.39, 0.29) is 12.5 Å². The van der Waals surface area contributed by atoms with Gasteiger partial charge in [-0.15, -0.1) is 10.2 Å². The van der Waals surface area contributed by atoms with Gasteiger partial charge in [0.05, 0.1) is 7.11 Å². The molecule has 3 aromatic rings. The first kappa shape index (κ1) is 17.5. The van der Waals surface area contributed by atoms with E-state index in [9.17, 15) is 4.79 Å². The second kappa shape index (κ2) is 8.15. The van der Waals surface area contributed by atoms with Gasteiger partial charge in [0, 0.05) is 23.7 Å². The van der Waals surface area contributed by atoms with Crippen LogP contribution in [0.2, 0.25) is 0 Å². The summed E-state index contributed by atoms with van der Waals surface area (Å²) in [5.74, 6) is 2.04. The maximum Gasteiger partial charge on any atom is 0.262 e. The molecule has 0 atom stereocenters. The smallest absolute Gasteiger partial charge is 0.262 e. The maximum atomic E-state index is 12.0. The molecule has 7 heteroatoms. The lowest BCUT2D eigenvalue weighted by Crippen LogP contribution is -2.20. The monoisotopic (exact) mass is 353 g/mol. The van der Waals surface area contributed by atoms with Crippen molar-refractivity contribution in [3.8, 4) is 23.0 Å². The lowest BCUT2D eigenvalue weighted by atomic mass is 10.2. The van der Waals surface area contributed by atoms with Crippen LogP contribution in [0.15, 0.2) is 52.9 Å². The molecule has 0 aliphatic heterocycles. The van der Waals surface area contributed by atoms with Crippen molar-refractivity contribution in [2.75, 3.05) is 19.0 Å². The predicted molar refractivity (Wildman–Crippen MR) is 96.2 cm³/mol. The molecule has 2 aromatic carbocycles. The van der Waals surface area contributed by atoms with Crippen LogP contribution in [0.4, 0.5) is 5.69 Å². The largest absolute Gasteiger partial charge is 0.497 e. The van der Waals surface area contributed by atoms with Crippen LogP contribution in [-0.2, 0) is 11.2 Å². The standard InChI is InChI=1S/C19H19N3O4/c1-3-18-21-22-19(26-18)13-7-9-15(10-8-13)25-12-17(23)20-14-5-4-6-16(11-14)24-2/h4-11H,3,12H2,1-2H3,(H,20,23). The van der Waals surface area contributed by atoms with Gasteiger partial charge in [-0.05, 0) is 36.4 Å². The van der Waals surface area contributed by atoms with Crippen molar-refractivity contribution in [2.24, 2.45) is 0 Å². The SMILES string of the molecule is CCc1nnc(-c2ccc(OCC(=O)Nc3cccc(OC)c3)cc2)o1. The molecule has 0 aliphatic carbocycles. The average Bonchev–Trinajstić information content (AvgIpc) is 3.16. The number of rotatable bonds is 7. The summed E-state index contributed by atoms with van der Waals surface area (Å²) >= 11 is 0. The first-order valence-electron chi connectivity index (χ1n) is 8.17. The Bertz CT molecular complexity index is 875. The van der Waals surface area contributed by atoms with Crippen molar-refractivity contribution < 1.29 is 18.7 Å². The Labute approximate surface area is 151 Å². The van der Waals surface area contributed by atoms with Gasteiger partial charge in [0.15, 0.2) is 6.61 Å². The maximum absolute atomic E-state index is 12.0. The van der Waals surface area contributed by atoms with Gasteiger partial charge in [-0.25, -0.2) is 0 Å². The van der Waals surface area contributed by atoms with Gasteiger partial charge in [0.25, 0.3) is 5.91 Å². The second-order valence-electron chi connectivity index (χ2n) is 5.45. The summed E-state index contributed by atoms with van der Waals surface area (Å²) in [6.07, 6.45) is 0.691. The molecule has 0 saturated carbocycles. The number of benzene rings is 2. The van der Waals surface area contributed by atoms with Crippen LogP contribution in [-0.4, -0.2) is 29.8 Å². The van der Waals surface area contributed by atoms with Gasteiger partial charge in [0.1, 0.15) is 11.5 Å². The number of hydrogen-bond acceptors (Lipinski definition) is 6. The van der Waals surface area contributed by atoms with Gasteiger partial charge in [-0.1, -0.05) is 13.0 Å². The minimum Gasteiger partial charge on any atom is -0.497 e. The van der Waals surface area contributed by atoms with E-state index < -0.39 is 0 Å². The second-order valence-corrected chi connectivity index (χ2v) is 5.45. The number of hydrogen-bond donors (Lipinski definition) is 1. The number of nitrogens with zero attached hydrogens (tertiary/aromatic N) is 2. The molecule has 3 rings (SSSR count). The highest BCUT2D eigenvalue weighted by atomic mass is 16.5. The van der Waals surface area contributed by atoms with Crippen LogP contribution in [0.3, 0.4) is 0 Å². The molecule has 0 aliphatic rings. The third-order valence-electron chi connectivity index (χ3n) is 3.59. The highest BCUT2D eigenvalue weighted by Gasteiger charge is 2.08. The van der Waals surface area contributed by atoms with Crippen LogP contribution in [0, 0.1) is 0 Å². The van der Waals surface area contributed by atoms with E-state index in [1.54, 1.807) is 43.5 Å². The molecule has 1 amide bonds. The molecule has 1 N–H and O–H groups in total. The molecule has 134 valence electrons. The van der Waals surface area contributed by atoms with Gasteiger partial charge >= 0.3 is 0 Å². The van der Waals surface area contributed by atoms with Crippen molar-refractivity contribution in [1.29, 1.82) is 0 Å². The number of carbonyl (C=O) groups excluding carboxylic acids is 1. The van der Waals surface area contributed by atoms with E-state index in [0.717, 1.165) is 5.56 Å². The Morgan fingerprint density at radius 3 is 2.62 bits per heavy atom. The lowest BCUT2D eigenvalue weighted by molar-refractivity contribution is -0.118. The first-order chi connectivity index (χ1) is 12.7. The minimum atomic E-state index is -0.258. The summed E-state index contributed by atoms with van der Waals surface area (Å²) in [6, 6.07) is 14.3. The molecule has 0 unspecified atom stereocenters. The number of methoxy groups -OCH3 is 1. The van der Waals surface area contributed by atoms with Crippen LogP contribution in [0.5, 0.6) is 11.5 Å². The molecular formula is C19H19N3O4. The van der Waals surface area contributed by atoms with E-state index in [4.69, 9.17) is 13.9 Å². The third-order valence-corrected chi connectivity index (χ3v) is 3.59. The number of aromatic nitrogens is 2. The topological polar surface area (TPSA) is 86.5 Å². The minimum absolute atomic E-state index is 0.100. The third kappa shape index (κ3) is 4.38. The van der Waals surface area contributed by atoms with Crippen LogP contribution >= 0.6 is 0 Å². The molecule has 26 heavy (non-hydrogen) atoms. The number of carbonyl (C=O) groups is 1. The normalized spacial score (nSPS) is 10.4. The summed E-state index contributed by atoms with van der Waals surface area (Å²) in [4.78, 5) is 12.0. The fraction of sp³-hybridized carbons (Fsp3) is 0.211. The molecule has 1 aromatic heterocycles. The van der Waals surface area contributed by atoms with Gasteiger partial charge in [0.2, 0.25) is 11.8 Å². The van der Waals surface area contributed by atoms with E-state index in [1.165, 1.54) is 0 Å². The number of anilines is 1. The Morgan fingerprint density at radius 2 is 1.92 bits per heavy atom. The number of amides is 1. The zero-order valence-electron chi connectivity index (χ0n) is 14.6. The predicted octanol–water partition coefficient (Wildman–Crippen LogP) is 3.33. The molecule has 0 radical (unpaired) electrons. The first-order valence-corrected chi connectivity index (χ1v) is 8.17. The molecule has 0 spiro atoms. The zero-order valence-corrected chi connectivity index (χ0v) is 14.6. The summed E-state index contributed by atoms with van der Waals surface area (Å²) in [7, 11) is 1.57. The van der Waals surface area contributed by atoms with Gasteiger partial charge in [-0.3, -0.25) is 4.79 Å². The van der Waals surface area contributed by atoms with E-state index in [1.807, 2.05) is 19.1 Å². The Kier molecular flexibility index (Phi) is 5.48. The fourth-order valence-electron chi connectivity index (χ4n) is 2.25. The highest BCUT2D eigenvalue weighted by molar-refractivity contribution is 5.92. The van der Waals surface area contributed by atoms with Crippen LogP contribution in [0.25, 0.3) is 11.5 Å². The molecule has 0 fully saturated rings. The van der Waals surface area contributed by atoms with Crippen molar-refractivity contribution >= 4 is 11.6 Å². The molecular weight excluding hydrogens is 334 g/mol. The molecule has 0 saturated heterocycles. The Balaban J connectivity index is 1.54. The average molecular weight is 353 g/mol. The van der Waals surface area contributed by atoms with Crippen molar-refractivity contribution in [1.82, 2.24) is 10.2 Å². The molecule has 7 nitrogen and oxygen atoms in total. The molecule has 1 heterocycles. The summed E-state index contributed by atoms with van der Waals surface area (Å²) < 4.78 is 16.1. The van der Waals surface area contributed by atoms with Crippen LogP contribution < -0.4 is 14.8 Å². The summed E-state index contributed by atoms with van der Waals surface area (Å²) in [6.45, 7) is 1.85. The number of nitrogens with one attached hydrogen (secondary N) is 1. The van der Waals surface area contributed by atoms with Crippen LogP contribution in [0.1, 0.15) is 12.8 Å².